The molecule has 2 aromatic carbocycles. The molecule has 0 aliphatic rings. The van der Waals surface area contributed by atoms with Crippen LogP contribution < -0.4 is 9.64 Å². The van der Waals surface area contributed by atoms with Gasteiger partial charge in [-0.25, -0.2) is 0 Å². The van der Waals surface area contributed by atoms with Gasteiger partial charge in [0.05, 0.1) is 6.61 Å². The first-order chi connectivity index (χ1) is 9.61. The molecule has 3 nitrogen and oxygen atoms in total. The van der Waals surface area contributed by atoms with Crippen molar-refractivity contribution in [1.82, 2.24) is 0 Å². The minimum Gasteiger partial charge on any atom is -0.494 e. The highest BCUT2D eigenvalue weighted by Crippen LogP contribution is 2.18. The number of carbonyl (C=O) groups excluding carboxylic acids is 1. The second kappa shape index (κ2) is 6.24. The fraction of sp³-hybridized carbons (Fsp3) is 0.235. The number of anilines is 1. The second-order valence-corrected chi connectivity index (χ2v) is 4.73. The van der Waals surface area contributed by atoms with E-state index in [2.05, 4.69) is 0 Å². The molecule has 104 valence electrons. The Morgan fingerprint density at radius 2 is 1.45 bits per heavy atom. The molecule has 0 atom stereocenters. The number of ether oxygens (including phenoxy) is 1. The molecule has 0 unspecified atom stereocenters. The summed E-state index contributed by atoms with van der Waals surface area (Å²) in [7, 11) is 3.95. The summed E-state index contributed by atoms with van der Waals surface area (Å²) in [5, 5.41) is 0. The predicted octanol–water partition coefficient (Wildman–Crippen LogP) is 3.38. The van der Waals surface area contributed by atoms with Crippen LogP contribution >= 0.6 is 0 Å². The number of ketones is 1. The molecule has 0 aromatic heterocycles. The average molecular weight is 269 g/mol. The molecule has 0 N–H and O–H groups in total. The van der Waals surface area contributed by atoms with E-state index in [9.17, 15) is 4.79 Å². The number of nitrogens with zero attached hydrogens (tertiary/aromatic N) is 1. The molecule has 0 aliphatic heterocycles. The predicted molar refractivity (Wildman–Crippen MR) is 81.8 cm³/mol. The van der Waals surface area contributed by atoms with Gasteiger partial charge in [-0.2, -0.15) is 0 Å². The van der Waals surface area contributed by atoms with Crippen molar-refractivity contribution in [3.05, 3.63) is 59.7 Å². The first-order valence-electron chi connectivity index (χ1n) is 6.66. The summed E-state index contributed by atoms with van der Waals surface area (Å²) in [6.07, 6.45) is 0. The van der Waals surface area contributed by atoms with Crippen molar-refractivity contribution in [2.24, 2.45) is 0 Å². The Kier molecular flexibility index (Phi) is 4.41. The summed E-state index contributed by atoms with van der Waals surface area (Å²) in [5.41, 5.74) is 2.44. The topological polar surface area (TPSA) is 29.5 Å². The number of benzene rings is 2. The fourth-order valence-corrected chi connectivity index (χ4v) is 1.95. The number of carbonyl (C=O) groups is 1. The van der Waals surface area contributed by atoms with Crippen molar-refractivity contribution in [3.8, 4) is 5.75 Å². The number of hydrogen-bond donors (Lipinski definition) is 0. The maximum Gasteiger partial charge on any atom is 0.193 e. The summed E-state index contributed by atoms with van der Waals surface area (Å²) in [6.45, 7) is 2.56. The molecule has 0 aliphatic carbocycles. The molecule has 20 heavy (non-hydrogen) atoms. The maximum atomic E-state index is 12.3. The van der Waals surface area contributed by atoms with Gasteiger partial charge < -0.3 is 9.64 Å². The van der Waals surface area contributed by atoms with Crippen LogP contribution in [0.2, 0.25) is 0 Å². The zero-order valence-electron chi connectivity index (χ0n) is 12.1. The molecule has 3 heteroatoms. The van der Waals surface area contributed by atoms with Gasteiger partial charge in [0.25, 0.3) is 0 Å². The second-order valence-electron chi connectivity index (χ2n) is 4.73. The summed E-state index contributed by atoms with van der Waals surface area (Å²) in [4.78, 5) is 14.3. The summed E-state index contributed by atoms with van der Waals surface area (Å²) < 4.78 is 5.37. The van der Waals surface area contributed by atoms with E-state index in [1.54, 1.807) is 12.1 Å². The largest absolute Gasteiger partial charge is 0.494 e. The van der Waals surface area contributed by atoms with Gasteiger partial charge >= 0.3 is 0 Å². The van der Waals surface area contributed by atoms with Crippen LogP contribution in [-0.4, -0.2) is 26.5 Å². The van der Waals surface area contributed by atoms with Crippen LogP contribution in [0.15, 0.2) is 48.5 Å². The van der Waals surface area contributed by atoms with Gasteiger partial charge in [0.2, 0.25) is 0 Å². The Bertz CT molecular complexity index is 571. The van der Waals surface area contributed by atoms with Gasteiger partial charge in [-0.15, -0.1) is 0 Å². The standard InChI is InChI=1S/C17H19NO2/c1-4-20-16-11-7-14(8-12-16)17(19)13-5-9-15(10-6-13)18(2)3/h5-12H,4H2,1-3H3. The van der Waals surface area contributed by atoms with Crippen molar-refractivity contribution in [3.63, 3.8) is 0 Å². The Balaban J connectivity index is 2.17. The van der Waals surface area contributed by atoms with Gasteiger partial charge in [0.15, 0.2) is 5.78 Å². The quantitative estimate of drug-likeness (QED) is 0.779. The van der Waals surface area contributed by atoms with E-state index in [-0.39, 0.29) is 5.78 Å². The Labute approximate surface area is 119 Å². The SMILES string of the molecule is CCOc1ccc(C(=O)c2ccc(N(C)C)cc2)cc1. The van der Waals surface area contributed by atoms with E-state index in [4.69, 9.17) is 4.74 Å². The molecule has 0 fully saturated rings. The van der Waals surface area contributed by atoms with Crippen LogP contribution in [0.3, 0.4) is 0 Å². The molecular formula is C17H19NO2. The summed E-state index contributed by atoms with van der Waals surface area (Å²) in [5.74, 6) is 0.811. The Morgan fingerprint density at radius 1 is 0.950 bits per heavy atom. The molecule has 0 saturated heterocycles. The zero-order chi connectivity index (χ0) is 14.5. The van der Waals surface area contributed by atoms with Crippen molar-refractivity contribution in [2.75, 3.05) is 25.6 Å². The van der Waals surface area contributed by atoms with Crippen molar-refractivity contribution in [2.45, 2.75) is 6.92 Å². The molecule has 0 bridgehead atoms. The van der Waals surface area contributed by atoms with Crippen LogP contribution in [0.5, 0.6) is 5.75 Å². The molecule has 2 rings (SSSR count). The lowest BCUT2D eigenvalue weighted by atomic mass is 10.0. The van der Waals surface area contributed by atoms with Gasteiger partial charge in [-0.05, 0) is 55.5 Å². The third-order valence-electron chi connectivity index (χ3n) is 3.07. The normalized spacial score (nSPS) is 10.2. The van der Waals surface area contributed by atoms with Gasteiger partial charge in [0.1, 0.15) is 5.75 Å². The van der Waals surface area contributed by atoms with E-state index >= 15 is 0 Å². The van der Waals surface area contributed by atoms with E-state index in [0.717, 1.165) is 11.4 Å². The fourth-order valence-electron chi connectivity index (χ4n) is 1.95. The van der Waals surface area contributed by atoms with Gasteiger partial charge in [0, 0.05) is 30.9 Å². The van der Waals surface area contributed by atoms with Crippen LogP contribution in [0.4, 0.5) is 5.69 Å². The van der Waals surface area contributed by atoms with E-state index in [1.165, 1.54) is 0 Å². The van der Waals surface area contributed by atoms with Crippen molar-refractivity contribution in [1.29, 1.82) is 0 Å². The summed E-state index contributed by atoms with van der Waals surface area (Å²) >= 11 is 0. The molecular weight excluding hydrogens is 250 g/mol. The first-order valence-corrected chi connectivity index (χ1v) is 6.66. The van der Waals surface area contributed by atoms with Crippen molar-refractivity contribution < 1.29 is 9.53 Å². The van der Waals surface area contributed by atoms with Gasteiger partial charge in [-0.1, -0.05) is 0 Å². The molecule has 0 spiro atoms. The van der Waals surface area contributed by atoms with E-state index in [1.807, 2.05) is 62.3 Å². The lowest BCUT2D eigenvalue weighted by Gasteiger charge is -2.12. The van der Waals surface area contributed by atoms with Gasteiger partial charge in [-0.3, -0.25) is 4.79 Å². The Morgan fingerprint density at radius 3 is 1.90 bits per heavy atom. The highest BCUT2D eigenvalue weighted by atomic mass is 16.5. The average Bonchev–Trinajstić information content (AvgIpc) is 2.48. The van der Waals surface area contributed by atoms with Crippen LogP contribution in [0.25, 0.3) is 0 Å². The molecule has 0 radical (unpaired) electrons. The molecule has 0 heterocycles. The zero-order valence-corrected chi connectivity index (χ0v) is 12.1. The highest BCUT2D eigenvalue weighted by molar-refractivity contribution is 6.09. The smallest absolute Gasteiger partial charge is 0.193 e. The molecule has 2 aromatic rings. The number of rotatable bonds is 5. The van der Waals surface area contributed by atoms with Crippen LogP contribution in [0, 0.1) is 0 Å². The number of hydrogen-bond acceptors (Lipinski definition) is 3. The maximum absolute atomic E-state index is 12.3. The Hall–Kier alpha value is -2.29. The minimum absolute atomic E-state index is 0.0263. The monoisotopic (exact) mass is 269 g/mol. The lowest BCUT2D eigenvalue weighted by molar-refractivity contribution is 0.103. The third-order valence-corrected chi connectivity index (χ3v) is 3.07. The highest BCUT2D eigenvalue weighted by Gasteiger charge is 2.09. The third kappa shape index (κ3) is 3.18. The molecule has 0 amide bonds. The van der Waals surface area contributed by atoms with Crippen molar-refractivity contribution >= 4 is 11.5 Å². The van der Waals surface area contributed by atoms with E-state index < -0.39 is 0 Å². The molecule has 0 saturated carbocycles. The first kappa shape index (κ1) is 14.1. The van der Waals surface area contributed by atoms with E-state index in [0.29, 0.717) is 17.7 Å². The van der Waals surface area contributed by atoms with Crippen LogP contribution in [0.1, 0.15) is 22.8 Å². The minimum atomic E-state index is 0.0263. The lowest BCUT2D eigenvalue weighted by Crippen LogP contribution is -2.09. The van der Waals surface area contributed by atoms with Crippen LogP contribution in [-0.2, 0) is 0 Å². The summed E-state index contributed by atoms with van der Waals surface area (Å²) in [6, 6.07) is 14.8.